The Labute approximate surface area is 101 Å². The lowest BCUT2D eigenvalue weighted by Crippen LogP contribution is -2.28. The van der Waals surface area contributed by atoms with Gasteiger partial charge in [0.1, 0.15) is 4.32 Å². The third kappa shape index (κ3) is 10.0. The minimum Gasteiger partial charge on any atom is -0.449 e. The molecule has 0 aromatic carbocycles. The van der Waals surface area contributed by atoms with Gasteiger partial charge in [0.2, 0.25) is 0 Å². The molecule has 0 atom stereocenters. The van der Waals surface area contributed by atoms with Crippen molar-refractivity contribution in [2.24, 2.45) is 0 Å². The molecule has 15 heavy (non-hydrogen) atoms. The van der Waals surface area contributed by atoms with Gasteiger partial charge in [-0.1, -0.05) is 50.7 Å². The van der Waals surface area contributed by atoms with Crippen LogP contribution in [0.15, 0.2) is 0 Å². The molecule has 0 heterocycles. The second kappa shape index (κ2) is 10.2. The maximum absolute atomic E-state index is 11.1. The summed E-state index contributed by atoms with van der Waals surface area (Å²) in [6, 6.07) is 0. The van der Waals surface area contributed by atoms with Crippen molar-refractivity contribution >= 4 is 34.4 Å². The molecule has 0 rings (SSSR count). The summed E-state index contributed by atoms with van der Waals surface area (Å²) in [6.07, 6.45) is 3.91. The van der Waals surface area contributed by atoms with E-state index in [-0.39, 0.29) is 0 Å². The predicted octanol–water partition coefficient (Wildman–Crippen LogP) is 3.33. The Morgan fingerprint density at radius 2 is 2.07 bits per heavy atom. The molecular formula is C10H19NO2S2. The molecule has 0 aromatic rings. The van der Waals surface area contributed by atoms with Crippen molar-refractivity contribution in [3.05, 3.63) is 0 Å². The molecule has 1 N–H and O–H groups in total. The molecule has 0 saturated heterocycles. The van der Waals surface area contributed by atoms with E-state index in [0.717, 1.165) is 18.6 Å². The number of rotatable bonds is 6. The third-order valence-corrected chi connectivity index (χ3v) is 2.94. The first-order valence-corrected chi connectivity index (χ1v) is 6.70. The molecule has 0 aromatic heterocycles. The van der Waals surface area contributed by atoms with Gasteiger partial charge in [0.25, 0.3) is 0 Å². The maximum Gasteiger partial charge on any atom is 0.412 e. The topological polar surface area (TPSA) is 38.3 Å². The van der Waals surface area contributed by atoms with Crippen molar-refractivity contribution in [2.45, 2.75) is 39.5 Å². The first-order valence-electron chi connectivity index (χ1n) is 5.31. The van der Waals surface area contributed by atoms with Crippen LogP contribution in [0.4, 0.5) is 4.79 Å². The molecule has 0 aliphatic rings. The average Bonchev–Trinajstić information content (AvgIpc) is 2.21. The van der Waals surface area contributed by atoms with E-state index < -0.39 is 6.09 Å². The van der Waals surface area contributed by atoms with Crippen LogP contribution in [-0.2, 0) is 4.74 Å². The molecular weight excluding hydrogens is 230 g/mol. The van der Waals surface area contributed by atoms with E-state index in [2.05, 4.69) is 12.2 Å². The number of amides is 1. The predicted molar refractivity (Wildman–Crippen MR) is 69.4 cm³/mol. The Balaban J connectivity index is 3.43. The Morgan fingerprint density at radius 3 is 2.67 bits per heavy atom. The van der Waals surface area contributed by atoms with Gasteiger partial charge in [0.05, 0.1) is 6.61 Å². The number of hydrogen-bond acceptors (Lipinski definition) is 4. The monoisotopic (exact) mass is 249 g/mol. The number of hydrogen-bond donors (Lipinski definition) is 1. The van der Waals surface area contributed by atoms with Crippen LogP contribution in [0.25, 0.3) is 0 Å². The molecule has 88 valence electrons. The Hall–Kier alpha value is -0.290. The molecule has 1 amide bonds. The van der Waals surface area contributed by atoms with Crippen LogP contribution < -0.4 is 5.32 Å². The van der Waals surface area contributed by atoms with Gasteiger partial charge in [0, 0.05) is 5.75 Å². The zero-order valence-corrected chi connectivity index (χ0v) is 11.0. The van der Waals surface area contributed by atoms with Gasteiger partial charge in [0.15, 0.2) is 0 Å². The van der Waals surface area contributed by atoms with Gasteiger partial charge in [-0.15, -0.1) is 0 Å². The molecule has 0 spiro atoms. The van der Waals surface area contributed by atoms with Crippen LogP contribution in [0.3, 0.4) is 0 Å². The summed E-state index contributed by atoms with van der Waals surface area (Å²) in [6.45, 7) is 4.55. The largest absolute Gasteiger partial charge is 0.449 e. The van der Waals surface area contributed by atoms with Crippen molar-refractivity contribution in [3.63, 3.8) is 0 Å². The summed E-state index contributed by atoms with van der Waals surface area (Å²) in [4.78, 5) is 11.1. The van der Waals surface area contributed by atoms with Gasteiger partial charge >= 0.3 is 6.09 Å². The Morgan fingerprint density at radius 1 is 1.33 bits per heavy atom. The van der Waals surface area contributed by atoms with E-state index in [1.54, 1.807) is 0 Å². The lowest BCUT2D eigenvalue weighted by atomic mass is 10.3. The zero-order chi connectivity index (χ0) is 11.5. The minimum atomic E-state index is -0.440. The quantitative estimate of drug-likeness (QED) is 0.579. The summed E-state index contributed by atoms with van der Waals surface area (Å²) in [5.41, 5.74) is 0. The SMILES string of the molecule is CCCCCSC(=S)NC(=O)OCCC. The standard InChI is InChI=1S/C10H19NO2S2/c1-3-5-6-8-15-10(14)11-9(12)13-7-4-2/h3-8H2,1-2H3,(H,11,12,14). The fourth-order valence-corrected chi connectivity index (χ4v) is 1.89. The summed E-state index contributed by atoms with van der Waals surface area (Å²) >= 11 is 6.48. The van der Waals surface area contributed by atoms with Crippen LogP contribution in [0, 0.1) is 0 Å². The summed E-state index contributed by atoms with van der Waals surface area (Å²) < 4.78 is 5.35. The number of alkyl carbamates (subject to hydrolysis) is 1. The van der Waals surface area contributed by atoms with Crippen molar-refractivity contribution < 1.29 is 9.53 Å². The maximum atomic E-state index is 11.1. The fourth-order valence-electron chi connectivity index (χ4n) is 0.867. The molecule has 0 aliphatic carbocycles. The molecule has 0 unspecified atom stereocenters. The normalized spacial score (nSPS) is 9.73. The molecule has 0 fully saturated rings. The van der Waals surface area contributed by atoms with Crippen LogP contribution in [0.1, 0.15) is 39.5 Å². The van der Waals surface area contributed by atoms with Crippen molar-refractivity contribution in [1.82, 2.24) is 5.32 Å². The number of unbranched alkanes of at least 4 members (excludes halogenated alkanes) is 2. The highest BCUT2D eigenvalue weighted by atomic mass is 32.2. The Kier molecular flexibility index (Phi) is 10.0. The van der Waals surface area contributed by atoms with E-state index in [0.29, 0.717) is 10.9 Å². The van der Waals surface area contributed by atoms with Crippen LogP contribution in [0.2, 0.25) is 0 Å². The molecule has 0 bridgehead atoms. The highest BCUT2D eigenvalue weighted by Gasteiger charge is 2.04. The van der Waals surface area contributed by atoms with Gasteiger partial charge in [-0.2, -0.15) is 0 Å². The second-order valence-corrected chi connectivity index (χ2v) is 4.88. The van der Waals surface area contributed by atoms with Crippen LogP contribution in [0.5, 0.6) is 0 Å². The third-order valence-electron chi connectivity index (χ3n) is 1.62. The van der Waals surface area contributed by atoms with E-state index >= 15 is 0 Å². The number of nitrogens with one attached hydrogen (secondary N) is 1. The van der Waals surface area contributed by atoms with E-state index in [4.69, 9.17) is 17.0 Å². The summed E-state index contributed by atoms with van der Waals surface area (Å²) in [7, 11) is 0. The van der Waals surface area contributed by atoms with Crippen molar-refractivity contribution in [1.29, 1.82) is 0 Å². The lowest BCUT2D eigenvalue weighted by Gasteiger charge is -2.06. The number of carbonyl (C=O) groups excluding carboxylic acids is 1. The number of thiocarbonyl (C=S) groups is 1. The van der Waals surface area contributed by atoms with Gasteiger partial charge in [-0.25, -0.2) is 4.79 Å². The molecule has 0 saturated carbocycles. The van der Waals surface area contributed by atoms with Gasteiger partial charge in [-0.05, 0) is 12.8 Å². The van der Waals surface area contributed by atoms with Gasteiger partial charge in [-0.3, -0.25) is 5.32 Å². The first kappa shape index (κ1) is 14.7. The molecule has 3 nitrogen and oxygen atoms in total. The lowest BCUT2D eigenvalue weighted by molar-refractivity contribution is 0.152. The fraction of sp³-hybridized carbons (Fsp3) is 0.800. The Bertz CT molecular complexity index is 198. The smallest absolute Gasteiger partial charge is 0.412 e. The zero-order valence-electron chi connectivity index (χ0n) is 9.38. The second-order valence-electron chi connectivity index (χ2n) is 3.10. The summed E-state index contributed by atoms with van der Waals surface area (Å²) in [5.74, 6) is 0.959. The molecule has 5 heteroatoms. The number of thioether (sulfide) groups is 1. The minimum absolute atomic E-state index is 0.439. The average molecular weight is 249 g/mol. The number of ether oxygens (including phenoxy) is 1. The van der Waals surface area contributed by atoms with Crippen molar-refractivity contribution in [3.8, 4) is 0 Å². The van der Waals surface area contributed by atoms with Crippen molar-refractivity contribution in [2.75, 3.05) is 12.4 Å². The summed E-state index contributed by atoms with van der Waals surface area (Å²) in [5, 5.41) is 2.52. The molecule has 0 radical (unpaired) electrons. The first-order chi connectivity index (χ1) is 7.20. The molecule has 0 aliphatic heterocycles. The highest BCUT2D eigenvalue weighted by Crippen LogP contribution is 2.07. The van der Waals surface area contributed by atoms with E-state index in [1.165, 1.54) is 24.6 Å². The van der Waals surface area contributed by atoms with E-state index in [9.17, 15) is 4.79 Å². The van der Waals surface area contributed by atoms with Crippen LogP contribution >= 0.6 is 24.0 Å². The van der Waals surface area contributed by atoms with Gasteiger partial charge < -0.3 is 4.74 Å². The van der Waals surface area contributed by atoms with Crippen LogP contribution in [-0.4, -0.2) is 22.8 Å². The van der Waals surface area contributed by atoms with E-state index in [1.807, 2.05) is 6.92 Å². The number of carbonyl (C=O) groups is 1. The highest BCUT2D eigenvalue weighted by molar-refractivity contribution is 8.23.